The van der Waals surface area contributed by atoms with Crippen molar-refractivity contribution in [3.8, 4) is 0 Å². The van der Waals surface area contributed by atoms with Crippen LogP contribution in [0.1, 0.15) is 28.8 Å². The number of aromatic amines is 1. The van der Waals surface area contributed by atoms with E-state index in [2.05, 4.69) is 20.8 Å². The van der Waals surface area contributed by atoms with Gasteiger partial charge < -0.3 is 9.72 Å². The van der Waals surface area contributed by atoms with Gasteiger partial charge in [0.2, 0.25) is 0 Å². The van der Waals surface area contributed by atoms with Crippen LogP contribution in [0, 0.1) is 0 Å². The highest BCUT2D eigenvalue weighted by atomic mass is 32.2. The zero-order chi connectivity index (χ0) is 19.3. The van der Waals surface area contributed by atoms with E-state index in [1.807, 2.05) is 36.4 Å². The number of carbonyl (C=O) groups excluding carboxylic acids is 2. The average Bonchev–Trinajstić information content (AvgIpc) is 3.40. The van der Waals surface area contributed by atoms with Crippen LogP contribution < -0.4 is 10.9 Å². The van der Waals surface area contributed by atoms with Crippen LogP contribution in [0.2, 0.25) is 0 Å². The largest absolute Gasteiger partial charge is 0.368 e. The number of imidazole rings is 1. The van der Waals surface area contributed by atoms with Gasteiger partial charge in [0.05, 0.1) is 11.0 Å². The van der Waals surface area contributed by atoms with Gasteiger partial charge in [0.15, 0.2) is 5.16 Å². The molecule has 0 unspecified atom stereocenters. The molecular weight excluding hydrogens is 376 g/mol. The number of ether oxygens (including phenoxy) is 1. The van der Waals surface area contributed by atoms with E-state index >= 15 is 0 Å². The summed E-state index contributed by atoms with van der Waals surface area (Å²) in [6.07, 6.45) is 1.07. The lowest BCUT2D eigenvalue weighted by atomic mass is 10.1. The third kappa shape index (κ3) is 4.35. The minimum Gasteiger partial charge on any atom is -0.368 e. The molecular formula is C20H20N4O3S. The smallest absolute Gasteiger partial charge is 0.269 e. The van der Waals surface area contributed by atoms with E-state index in [0.29, 0.717) is 18.6 Å². The van der Waals surface area contributed by atoms with Crippen LogP contribution in [0.3, 0.4) is 0 Å². The molecule has 2 amide bonds. The van der Waals surface area contributed by atoms with E-state index in [1.54, 1.807) is 23.9 Å². The summed E-state index contributed by atoms with van der Waals surface area (Å²) in [4.78, 5) is 31.8. The van der Waals surface area contributed by atoms with Crippen LogP contribution in [0.25, 0.3) is 11.0 Å². The highest BCUT2D eigenvalue weighted by molar-refractivity contribution is 7.98. The maximum Gasteiger partial charge on any atom is 0.269 e. The molecule has 28 heavy (non-hydrogen) atoms. The minimum atomic E-state index is -0.474. The molecule has 2 aromatic carbocycles. The minimum absolute atomic E-state index is 0.315. The van der Waals surface area contributed by atoms with E-state index in [-0.39, 0.29) is 11.8 Å². The number of hydrogen-bond acceptors (Lipinski definition) is 5. The predicted octanol–water partition coefficient (Wildman–Crippen LogP) is 2.80. The molecule has 1 aliphatic heterocycles. The first-order chi connectivity index (χ1) is 13.7. The summed E-state index contributed by atoms with van der Waals surface area (Å²) in [5.74, 6) is 0.0600. The molecule has 144 valence electrons. The third-order valence-electron chi connectivity index (χ3n) is 4.48. The van der Waals surface area contributed by atoms with Crippen molar-refractivity contribution in [1.29, 1.82) is 0 Å². The summed E-state index contributed by atoms with van der Waals surface area (Å²) in [5.41, 5.74) is 8.36. The van der Waals surface area contributed by atoms with Gasteiger partial charge in [-0.15, -0.1) is 0 Å². The van der Waals surface area contributed by atoms with E-state index in [0.717, 1.165) is 33.9 Å². The summed E-state index contributed by atoms with van der Waals surface area (Å²) in [7, 11) is 0. The second-order valence-electron chi connectivity index (χ2n) is 6.49. The van der Waals surface area contributed by atoms with Crippen molar-refractivity contribution in [1.82, 2.24) is 20.8 Å². The van der Waals surface area contributed by atoms with Crippen molar-refractivity contribution >= 4 is 34.6 Å². The number of benzene rings is 2. The van der Waals surface area contributed by atoms with Crippen molar-refractivity contribution in [2.75, 3.05) is 6.61 Å². The monoisotopic (exact) mass is 396 g/mol. The Morgan fingerprint density at radius 1 is 1.14 bits per heavy atom. The Bertz CT molecular complexity index is 948. The fraction of sp³-hybridized carbons (Fsp3) is 0.250. The SMILES string of the molecule is O=C(NNC(=O)[C@@H]1CCCO1)c1ccc(CSc2nc3ccccc3[nH]2)cc1. The predicted molar refractivity (Wildman–Crippen MR) is 107 cm³/mol. The number of hydrogen-bond donors (Lipinski definition) is 3. The molecule has 0 radical (unpaired) electrons. The van der Waals surface area contributed by atoms with Crippen LogP contribution in [0.15, 0.2) is 53.7 Å². The summed E-state index contributed by atoms with van der Waals surface area (Å²) in [6.45, 7) is 0.583. The molecule has 1 atom stereocenters. The zero-order valence-corrected chi connectivity index (χ0v) is 15.9. The van der Waals surface area contributed by atoms with Crippen LogP contribution >= 0.6 is 11.8 Å². The van der Waals surface area contributed by atoms with E-state index < -0.39 is 6.10 Å². The van der Waals surface area contributed by atoms with Crippen LogP contribution in [0.4, 0.5) is 0 Å². The maximum absolute atomic E-state index is 12.2. The Morgan fingerprint density at radius 3 is 2.71 bits per heavy atom. The van der Waals surface area contributed by atoms with Gasteiger partial charge in [-0.25, -0.2) is 4.98 Å². The molecule has 4 rings (SSSR count). The Morgan fingerprint density at radius 2 is 1.96 bits per heavy atom. The standard InChI is InChI=1S/C20H20N4O3S/c25-18(23-24-19(26)17-6-3-11-27-17)14-9-7-13(8-10-14)12-28-20-21-15-4-1-2-5-16(15)22-20/h1-2,4-5,7-10,17H,3,6,11-12H2,(H,21,22)(H,23,25)(H,24,26)/t17-/m0/s1. The van der Waals surface area contributed by atoms with Crippen molar-refractivity contribution < 1.29 is 14.3 Å². The van der Waals surface area contributed by atoms with Crippen LogP contribution in [-0.2, 0) is 15.3 Å². The van der Waals surface area contributed by atoms with Crippen molar-refractivity contribution in [2.45, 2.75) is 29.9 Å². The second kappa shape index (κ2) is 8.45. The molecule has 1 saturated heterocycles. The number of fused-ring (bicyclic) bond motifs is 1. The number of carbonyl (C=O) groups is 2. The lowest BCUT2D eigenvalue weighted by Crippen LogP contribution is -2.46. The molecule has 2 heterocycles. The van der Waals surface area contributed by atoms with Crippen molar-refractivity contribution in [3.05, 3.63) is 59.7 Å². The van der Waals surface area contributed by atoms with Crippen molar-refractivity contribution in [2.24, 2.45) is 0 Å². The fourth-order valence-corrected chi connectivity index (χ4v) is 3.80. The molecule has 3 aromatic rings. The number of nitrogens with one attached hydrogen (secondary N) is 3. The number of thioether (sulfide) groups is 1. The molecule has 1 aliphatic rings. The first-order valence-corrected chi connectivity index (χ1v) is 10.1. The van der Waals surface area contributed by atoms with Gasteiger partial charge in [-0.3, -0.25) is 20.4 Å². The Balaban J connectivity index is 1.29. The molecule has 3 N–H and O–H groups in total. The van der Waals surface area contributed by atoms with Gasteiger partial charge in [-0.05, 0) is 42.7 Å². The molecule has 1 aromatic heterocycles. The maximum atomic E-state index is 12.2. The molecule has 7 nitrogen and oxygen atoms in total. The van der Waals surface area contributed by atoms with Gasteiger partial charge in [0, 0.05) is 17.9 Å². The quantitative estimate of drug-likeness (QED) is 0.455. The number of nitrogens with zero attached hydrogens (tertiary/aromatic N) is 1. The topological polar surface area (TPSA) is 96.1 Å². The van der Waals surface area contributed by atoms with Gasteiger partial charge in [0.1, 0.15) is 6.10 Å². The van der Waals surface area contributed by atoms with E-state index in [9.17, 15) is 9.59 Å². The van der Waals surface area contributed by atoms with E-state index in [1.165, 1.54) is 0 Å². The molecule has 0 spiro atoms. The number of H-pyrrole nitrogens is 1. The summed E-state index contributed by atoms with van der Waals surface area (Å²) in [5, 5.41) is 0.861. The molecule has 0 bridgehead atoms. The van der Waals surface area contributed by atoms with Gasteiger partial charge in [-0.1, -0.05) is 36.0 Å². The highest BCUT2D eigenvalue weighted by Gasteiger charge is 2.23. The summed E-state index contributed by atoms with van der Waals surface area (Å²) in [6, 6.07) is 15.2. The number of rotatable bonds is 5. The van der Waals surface area contributed by atoms with E-state index in [4.69, 9.17) is 4.74 Å². The number of para-hydroxylation sites is 2. The third-order valence-corrected chi connectivity index (χ3v) is 5.43. The average molecular weight is 396 g/mol. The number of aromatic nitrogens is 2. The van der Waals surface area contributed by atoms with Gasteiger partial charge in [-0.2, -0.15) is 0 Å². The fourth-order valence-electron chi connectivity index (χ4n) is 2.96. The zero-order valence-electron chi connectivity index (χ0n) is 15.1. The summed E-state index contributed by atoms with van der Waals surface area (Å²) < 4.78 is 5.28. The first-order valence-electron chi connectivity index (χ1n) is 9.07. The Kier molecular flexibility index (Phi) is 5.59. The second-order valence-corrected chi connectivity index (χ2v) is 7.45. The molecule has 1 fully saturated rings. The van der Waals surface area contributed by atoms with Crippen LogP contribution in [-0.4, -0.2) is 34.5 Å². The lowest BCUT2D eigenvalue weighted by molar-refractivity contribution is -0.130. The molecule has 0 aliphatic carbocycles. The van der Waals surface area contributed by atoms with Gasteiger partial charge in [0.25, 0.3) is 11.8 Å². The first kappa shape index (κ1) is 18.5. The van der Waals surface area contributed by atoms with Crippen molar-refractivity contribution in [3.63, 3.8) is 0 Å². The molecule has 0 saturated carbocycles. The molecule has 8 heteroatoms. The lowest BCUT2D eigenvalue weighted by Gasteiger charge is -2.11. The Hall–Kier alpha value is -2.84. The Labute approximate surface area is 166 Å². The number of amides is 2. The van der Waals surface area contributed by atoms with Gasteiger partial charge >= 0.3 is 0 Å². The highest BCUT2D eigenvalue weighted by Crippen LogP contribution is 2.23. The summed E-state index contributed by atoms with van der Waals surface area (Å²) >= 11 is 1.60. The number of hydrazine groups is 1. The van der Waals surface area contributed by atoms with Crippen LogP contribution in [0.5, 0.6) is 0 Å². The normalized spacial score (nSPS) is 16.2.